The van der Waals surface area contributed by atoms with Crippen molar-refractivity contribution in [3.63, 3.8) is 0 Å². The van der Waals surface area contributed by atoms with Crippen molar-refractivity contribution >= 4 is 29.6 Å². The van der Waals surface area contributed by atoms with Gasteiger partial charge in [-0.2, -0.15) is 0 Å². The van der Waals surface area contributed by atoms with Crippen LogP contribution in [-0.4, -0.2) is 26.3 Å². The summed E-state index contributed by atoms with van der Waals surface area (Å²) in [4.78, 5) is 23.0. The number of nitro groups is 1. The second kappa shape index (κ2) is 8.04. The fraction of sp³-hybridized carbons (Fsp3) is 0.235. The third kappa shape index (κ3) is 4.94. The second-order valence-electron chi connectivity index (χ2n) is 5.84. The zero-order valence-corrected chi connectivity index (χ0v) is 15.4. The molecule has 9 nitrogen and oxygen atoms in total. The molecule has 0 spiro atoms. The molecule has 1 N–H and O–H groups in total. The SMILES string of the molecule is CC(C)Sc1ccc(Cc2nnc(NC(=O)c3ccc([N+](=O)[O-])o3)o2)cc1. The summed E-state index contributed by atoms with van der Waals surface area (Å²) in [6.07, 6.45) is 0.418. The maximum atomic E-state index is 12.0. The number of nitrogens with zero attached hydrogens (tertiary/aromatic N) is 3. The molecule has 27 heavy (non-hydrogen) atoms. The van der Waals surface area contributed by atoms with Crippen LogP contribution in [0.1, 0.15) is 35.9 Å². The number of furan rings is 1. The van der Waals surface area contributed by atoms with E-state index in [0.29, 0.717) is 17.6 Å². The molecule has 0 unspecified atom stereocenters. The van der Waals surface area contributed by atoms with Crippen molar-refractivity contribution in [2.24, 2.45) is 0 Å². The summed E-state index contributed by atoms with van der Waals surface area (Å²) in [5.41, 5.74) is 0.992. The Morgan fingerprint density at radius 3 is 2.56 bits per heavy atom. The van der Waals surface area contributed by atoms with Gasteiger partial charge in [-0.15, -0.1) is 16.9 Å². The van der Waals surface area contributed by atoms with Gasteiger partial charge < -0.3 is 8.83 Å². The first-order valence-electron chi connectivity index (χ1n) is 8.04. The smallest absolute Gasteiger partial charge is 0.407 e. The number of thioether (sulfide) groups is 1. The van der Waals surface area contributed by atoms with Crippen molar-refractivity contribution in [3.8, 4) is 0 Å². The first kappa shape index (κ1) is 18.6. The maximum absolute atomic E-state index is 12.0. The fourth-order valence-corrected chi connectivity index (χ4v) is 3.05. The lowest BCUT2D eigenvalue weighted by Crippen LogP contribution is -2.11. The number of hydrogen-bond donors (Lipinski definition) is 1. The van der Waals surface area contributed by atoms with E-state index in [9.17, 15) is 14.9 Å². The maximum Gasteiger partial charge on any atom is 0.433 e. The number of nitrogens with one attached hydrogen (secondary N) is 1. The number of carbonyl (C=O) groups excluding carboxylic acids is 1. The Kier molecular flexibility index (Phi) is 5.55. The lowest BCUT2D eigenvalue weighted by atomic mass is 10.1. The molecule has 3 aromatic rings. The third-order valence-corrected chi connectivity index (χ3v) is 4.35. The first-order chi connectivity index (χ1) is 12.9. The van der Waals surface area contributed by atoms with Crippen LogP contribution in [0.25, 0.3) is 0 Å². The molecule has 1 amide bonds. The summed E-state index contributed by atoms with van der Waals surface area (Å²) >= 11 is 1.78. The number of rotatable bonds is 7. The van der Waals surface area contributed by atoms with E-state index in [1.807, 2.05) is 24.3 Å². The molecule has 0 saturated carbocycles. The molecule has 140 valence electrons. The summed E-state index contributed by atoms with van der Waals surface area (Å²) in [7, 11) is 0. The molecule has 0 fully saturated rings. The molecule has 2 aromatic heterocycles. The highest BCUT2D eigenvalue weighted by atomic mass is 32.2. The zero-order chi connectivity index (χ0) is 19.4. The molecule has 0 aliphatic heterocycles. The molecular formula is C17H16N4O5S. The van der Waals surface area contributed by atoms with E-state index in [4.69, 9.17) is 8.83 Å². The number of hydrogen-bond acceptors (Lipinski definition) is 8. The lowest BCUT2D eigenvalue weighted by Gasteiger charge is -2.05. The molecule has 0 saturated heterocycles. The van der Waals surface area contributed by atoms with Gasteiger partial charge in [0.15, 0.2) is 5.76 Å². The molecule has 3 rings (SSSR count). The first-order valence-corrected chi connectivity index (χ1v) is 8.92. The van der Waals surface area contributed by atoms with Crippen LogP contribution >= 0.6 is 11.8 Å². The van der Waals surface area contributed by atoms with Gasteiger partial charge in [0.1, 0.15) is 4.92 Å². The highest BCUT2D eigenvalue weighted by Gasteiger charge is 2.19. The Hall–Kier alpha value is -3.14. The van der Waals surface area contributed by atoms with Crippen LogP contribution < -0.4 is 5.32 Å². The number of anilines is 1. The summed E-state index contributed by atoms with van der Waals surface area (Å²) in [6.45, 7) is 4.27. The van der Waals surface area contributed by atoms with E-state index in [0.717, 1.165) is 11.6 Å². The van der Waals surface area contributed by atoms with Crippen molar-refractivity contribution < 1.29 is 18.6 Å². The van der Waals surface area contributed by atoms with E-state index in [2.05, 4.69) is 29.4 Å². The number of carbonyl (C=O) groups is 1. The number of benzene rings is 1. The molecule has 0 aliphatic carbocycles. The largest absolute Gasteiger partial charge is 0.433 e. The fourth-order valence-electron chi connectivity index (χ4n) is 2.21. The summed E-state index contributed by atoms with van der Waals surface area (Å²) < 4.78 is 10.2. The van der Waals surface area contributed by atoms with E-state index < -0.39 is 16.7 Å². The minimum Gasteiger partial charge on any atom is -0.407 e. The van der Waals surface area contributed by atoms with Gasteiger partial charge in [0.2, 0.25) is 5.89 Å². The minimum absolute atomic E-state index is 0.110. The van der Waals surface area contributed by atoms with Crippen molar-refractivity contribution in [1.29, 1.82) is 0 Å². The highest BCUT2D eigenvalue weighted by molar-refractivity contribution is 7.99. The van der Waals surface area contributed by atoms with Crippen LogP contribution in [0, 0.1) is 10.1 Å². The van der Waals surface area contributed by atoms with Crippen LogP contribution in [0.5, 0.6) is 0 Å². The van der Waals surface area contributed by atoms with Crippen LogP contribution in [0.3, 0.4) is 0 Å². The van der Waals surface area contributed by atoms with Gasteiger partial charge in [-0.3, -0.25) is 20.2 Å². The monoisotopic (exact) mass is 388 g/mol. The minimum atomic E-state index is -0.730. The third-order valence-electron chi connectivity index (χ3n) is 3.33. The van der Waals surface area contributed by atoms with Gasteiger partial charge in [0, 0.05) is 10.1 Å². The Bertz CT molecular complexity index is 948. The van der Waals surface area contributed by atoms with Gasteiger partial charge in [0.05, 0.1) is 12.5 Å². The van der Waals surface area contributed by atoms with Crippen LogP contribution in [0.4, 0.5) is 11.9 Å². The van der Waals surface area contributed by atoms with Crippen LogP contribution in [0.2, 0.25) is 0 Å². The van der Waals surface area contributed by atoms with E-state index >= 15 is 0 Å². The summed E-state index contributed by atoms with van der Waals surface area (Å²) in [6, 6.07) is 10.2. The molecule has 1 aromatic carbocycles. The Morgan fingerprint density at radius 2 is 1.93 bits per heavy atom. The van der Waals surface area contributed by atoms with Gasteiger partial charge >= 0.3 is 11.9 Å². The van der Waals surface area contributed by atoms with Crippen molar-refractivity contribution in [1.82, 2.24) is 10.2 Å². The number of aromatic nitrogens is 2. The molecule has 0 radical (unpaired) electrons. The molecule has 0 aliphatic rings. The van der Waals surface area contributed by atoms with Gasteiger partial charge in [-0.25, -0.2) is 0 Å². The normalized spacial score (nSPS) is 10.9. The van der Waals surface area contributed by atoms with Gasteiger partial charge in [0.25, 0.3) is 5.91 Å². The number of amides is 1. The molecule has 0 bridgehead atoms. The van der Waals surface area contributed by atoms with Gasteiger partial charge in [-0.05, 0) is 23.8 Å². The predicted molar refractivity (Wildman–Crippen MR) is 97.9 cm³/mol. The van der Waals surface area contributed by atoms with Crippen LogP contribution in [0.15, 0.2) is 50.1 Å². The zero-order valence-electron chi connectivity index (χ0n) is 14.5. The van der Waals surface area contributed by atoms with E-state index in [1.165, 1.54) is 11.0 Å². The van der Waals surface area contributed by atoms with E-state index in [1.54, 1.807) is 11.8 Å². The molecule has 2 heterocycles. The predicted octanol–water partition coefficient (Wildman–Crippen LogP) is 3.91. The van der Waals surface area contributed by atoms with Crippen LogP contribution in [-0.2, 0) is 6.42 Å². The second-order valence-corrected chi connectivity index (χ2v) is 7.49. The average molecular weight is 388 g/mol. The Morgan fingerprint density at radius 1 is 1.19 bits per heavy atom. The average Bonchev–Trinajstić information content (AvgIpc) is 3.26. The van der Waals surface area contributed by atoms with Gasteiger partial charge in [-0.1, -0.05) is 31.1 Å². The molecule has 0 atom stereocenters. The molecular weight excluding hydrogens is 372 g/mol. The highest BCUT2D eigenvalue weighted by Crippen LogP contribution is 2.23. The Balaban J connectivity index is 1.60. The van der Waals surface area contributed by atoms with Crippen molar-refractivity contribution in [2.45, 2.75) is 30.4 Å². The standard InChI is InChI=1S/C17H16N4O5S/c1-10(2)27-12-5-3-11(4-6-12)9-14-19-20-17(26-14)18-16(22)13-7-8-15(25-13)21(23)24/h3-8,10H,9H2,1-2H3,(H,18,20,22). The Labute approximate surface area is 158 Å². The molecule has 10 heteroatoms. The topological polar surface area (TPSA) is 124 Å². The van der Waals surface area contributed by atoms with E-state index in [-0.39, 0.29) is 11.8 Å². The summed E-state index contributed by atoms with van der Waals surface area (Å²) in [5, 5.41) is 21.1. The lowest BCUT2D eigenvalue weighted by molar-refractivity contribution is -0.402. The quantitative estimate of drug-likeness (QED) is 0.367. The van der Waals surface area contributed by atoms with Crippen molar-refractivity contribution in [3.05, 3.63) is 63.7 Å². The van der Waals surface area contributed by atoms with Crippen molar-refractivity contribution in [2.75, 3.05) is 5.32 Å². The summed E-state index contributed by atoms with van der Waals surface area (Å²) in [5.74, 6) is -1.13.